The summed E-state index contributed by atoms with van der Waals surface area (Å²) < 4.78 is 55.1. The first-order valence-electron chi connectivity index (χ1n) is 5.00. The summed E-state index contributed by atoms with van der Waals surface area (Å²) in [5, 5.41) is 2.25. The van der Waals surface area contributed by atoms with E-state index in [2.05, 4.69) is 10.1 Å². The van der Waals surface area contributed by atoms with Crippen molar-refractivity contribution < 1.29 is 27.1 Å². The Morgan fingerprint density at radius 3 is 2.61 bits per heavy atom. The number of hydrogen-bond donors (Lipinski definition) is 1. The smallest absolute Gasteiger partial charge is 0.383 e. The Bertz CT molecular complexity index is 432. The van der Waals surface area contributed by atoms with E-state index in [9.17, 15) is 22.4 Å². The minimum Gasteiger partial charge on any atom is -0.383 e. The molecule has 1 aromatic rings. The molecule has 0 unspecified atom stereocenters. The lowest BCUT2D eigenvalue weighted by Gasteiger charge is -2.10. The van der Waals surface area contributed by atoms with E-state index in [0.29, 0.717) is 18.2 Å². The van der Waals surface area contributed by atoms with E-state index in [1.54, 1.807) is 0 Å². The molecule has 0 bridgehead atoms. The first-order valence-corrected chi connectivity index (χ1v) is 5.00. The van der Waals surface area contributed by atoms with Crippen molar-refractivity contribution in [1.82, 2.24) is 5.32 Å². The second-order valence-electron chi connectivity index (χ2n) is 3.44. The standard InChI is InChI=1S/C11H11F4NO2/c1-18-5-4-16-10(17)8-6-7(11(13,14)15)2-3-9(8)12/h2-3,6H,4-5H2,1H3,(H,16,17). The Labute approximate surface area is 101 Å². The number of rotatable bonds is 4. The molecule has 1 amide bonds. The fourth-order valence-electron chi connectivity index (χ4n) is 1.24. The number of nitrogens with one attached hydrogen (secondary N) is 1. The molecular weight excluding hydrogens is 254 g/mol. The summed E-state index contributed by atoms with van der Waals surface area (Å²) >= 11 is 0. The van der Waals surface area contributed by atoms with Crippen LogP contribution < -0.4 is 5.32 Å². The van der Waals surface area contributed by atoms with Gasteiger partial charge in [0.25, 0.3) is 5.91 Å². The third-order valence-corrected chi connectivity index (χ3v) is 2.13. The quantitative estimate of drug-likeness (QED) is 0.669. The van der Waals surface area contributed by atoms with Gasteiger partial charge in [-0.25, -0.2) is 4.39 Å². The van der Waals surface area contributed by atoms with Crippen molar-refractivity contribution in [3.05, 3.63) is 35.1 Å². The average Bonchev–Trinajstić information content (AvgIpc) is 2.28. The fourth-order valence-corrected chi connectivity index (χ4v) is 1.24. The van der Waals surface area contributed by atoms with Crippen LogP contribution in [0.4, 0.5) is 17.6 Å². The summed E-state index contributed by atoms with van der Waals surface area (Å²) in [5.74, 6) is -1.91. The molecule has 0 saturated heterocycles. The molecule has 0 saturated carbocycles. The average molecular weight is 265 g/mol. The summed E-state index contributed by atoms with van der Waals surface area (Å²) in [7, 11) is 1.40. The first kappa shape index (κ1) is 14.4. The number of carbonyl (C=O) groups excluding carboxylic acids is 1. The molecule has 0 radical (unpaired) electrons. The zero-order chi connectivity index (χ0) is 13.8. The van der Waals surface area contributed by atoms with Crippen LogP contribution in [0.15, 0.2) is 18.2 Å². The topological polar surface area (TPSA) is 38.3 Å². The van der Waals surface area contributed by atoms with Crippen LogP contribution in [0, 0.1) is 5.82 Å². The van der Waals surface area contributed by atoms with Gasteiger partial charge in [0.05, 0.1) is 17.7 Å². The molecular formula is C11H11F4NO2. The SMILES string of the molecule is COCCNC(=O)c1cc(C(F)(F)F)ccc1F. The Morgan fingerprint density at radius 1 is 1.39 bits per heavy atom. The lowest BCUT2D eigenvalue weighted by atomic mass is 10.1. The minimum absolute atomic E-state index is 0.0883. The summed E-state index contributed by atoms with van der Waals surface area (Å²) in [6, 6.07) is 1.69. The largest absolute Gasteiger partial charge is 0.416 e. The maximum Gasteiger partial charge on any atom is 0.416 e. The highest BCUT2D eigenvalue weighted by atomic mass is 19.4. The van der Waals surface area contributed by atoms with E-state index in [0.717, 1.165) is 0 Å². The Morgan fingerprint density at radius 2 is 2.06 bits per heavy atom. The van der Waals surface area contributed by atoms with Gasteiger partial charge in [0.1, 0.15) is 5.82 Å². The van der Waals surface area contributed by atoms with Gasteiger partial charge in [-0.1, -0.05) is 0 Å². The molecule has 0 spiro atoms. The van der Waals surface area contributed by atoms with Gasteiger partial charge in [0, 0.05) is 13.7 Å². The van der Waals surface area contributed by atoms with Gasteiger partial charge in [-0.15, -0.1) is 0 Å². The van der Waals surface area contributed by atoms with E-state index in [4.69, 9.17) is 0 Å². The number of hydrogen-bond acceptors (Lipinski definition) is 2. The third kappa shape index (κ3) is 3.69. The van der Waals surface area contributed by atoms with Crippen molar-refractivity contribution in [1.29, 1.82) is 0 Å². The second kappa shape index (κ2) is 5.81. The maximum atomic E-state index is 13.3. The van der Waals surface area contributed by atoms with Crippen LogP contribution in [0.2, 0.25) is 0 Å². The van der Waals surface area contributed by atoms with Gasteiger partial charge >= 0.3 is 6.18 Å². The van der Waals surface area contributed by atoms with E-state index < -0.39 is 29.0 Å². The summed E-state index contributed by atoms with van der Waals surface area (Å²) in [6.45, 7) is 0.275. The van der Waals surface area contributed by atoms with Crippen LogP contribution in [-0.2, 0) is 10.9 Å². The molecule has 1 rings (SSSR count). The molecule has 0 atom stereocenters. The van der Waals surface area contributed by atoms with Crippen LogP contribution in [0.3, 0.4) is 0 Å². The van der Waals surface area contributed by atoms with Gasteiger partial charge in [-0.3, -0.25) is 4.79 Å². The normalized spacial score (nSPS) is 11.4. The molecule has 0 aliphatic heterocycles. The van der Waals surface area contributed by atoms with Gasteiger partial charge in [0.2, 0.25) is 0 Å². The molecule has 1 aromatic carbocycles. The molecule has 0 aliphatic rings. The number of ether oxygens (including phenoxy) is 1. The lowest BCUT2D eigenvalue weighted by Crippen LogP contribution is -2.28. The molecule has 18 heavy (non-hydrogen) atoms. The number of benzene rings is 1. The van der Waals surface area contributed by atoms with E-state index in [-0.39, 0.29) is 13.2 Å². The number of methoxy groups -OCH3 is 1. The van der Waals surface area contributed by atoms with Crippen LogP contribution >= 0.6 is 0 Å². The highest BCUT2D eigenvalue weighted by molar-refractivity contribution is 5.94. The summed E-state index contributed by atoms with van der Waals surface area (Å²) in [5.41, 5.74) is -1.71. The van der Waals surface area contributed by atoms with Crippen molar-refractivity contribution in [2.45, 2.75) is 6.18 Å². The number of carbonyl (C=O) groups is 1. The van der Waals surface area contributed by atoms with E-state index in [1.165, 1.54) is 7.11 Å². The predicted octanol–water partition coefficient (Wildman–Crippen LogP) is 2.22. The molecule has 0 heterocycles. The molecule has 100 valence electrons. The highest BCUT2D eigenvalue weighted by Crippen LogP contribution is 2.30. The molecule has 0 aromatic heterocycles. The maximum absolute atomic E-state index is 13.3. The van der Waals surface area contributed by atoms with Crippen LogP contribution in [0.1, 0.15) is 15.9 Å². The minimum atomic E-state index is -4.62. The van der Waals surface area contributed by atoms with Crippen molar-refractivity contribution in [3.8, 4) is 0 Å². The van der Waals surface area contributed by atoms with Crippen molar-refractivity contribution >= 4 is 5.91 Å². The van der Waals surface area contributed by atoms with Crippen LogP contribution in [0.25, 0.3) is 0 Å². The number of alkyl halides is 3. The van der Waals surface area contributed by atoms with Gasteiger partial charge in [-0.2, -0.15) is 13.2 Å². The third-order valence-electron chi connectivity index (χ3n) is 2.13. The first-order chi connectivity index (χ1) is 8.36. The molecule has 1 N–H and O–H groups in total. The second-order valence-corrected chi connectivity index (χ2v) is 3.44. The Balaban J connectivity index is 2.90. The van der Waals surface area contributed by atoms with Crippen LogP contribution in [-0.4, -0.2) is 26.2 Å². The van der Waals surface area contributed by atoms with Gasteiger partial charge in [0.15, 0.2) is 0 Å². The Hall–Kier alpha value is -1.63. The predicted molar refractivity (Wildman–Crippen MR) is 55.6 cm³/mol. The van der Waals surface area contributed by atoms with Crippen molar-refractivity contribution in [2.75, 3.05) is 20.3 Å². The van der Waals surface area contributed by atoms with E-state index in [1.807, 2.05) is 0 Å². The summed E-state index contributed by atoms with van der Waals surface area (Å²) in [6.07, 6.45) is -4.62. The fraction of sp³-hybridized carbons (Fsp3) is 0.364. The van der Waals surface area contributed by atoms with Crippen molar-refractivity contribution in [3.63, 3.8) is 0 Å². The zero-order valence-electron chi connectivity index (χ0n) is 9.47. The summed E-state index contributed by atoms with van der Waals surface area (Å²) in [4.78, 5) is 11.4. The molecule has 3 nitrogen and oxygen atoms in total. The highest BCUT2D eigenvalue weighted by Gasteiger charge is 2.31. The molecule has 7 heteroatoms. The number of amides is 1. The van der Waals surface area contributed by atoms with Crippen LogP contribution in [0.5, 0.6) is 0 Å². The number of halogens is 4. The lowest BCUT2D eigenvalue weighted by molar-refractivity contribution is -0.137. The van der Waals surface area contributed by atoms with E-state index >= 15 is 0 Å². The van der Waals surface area contributed by atoms with Gasteiger partial charge in [-0.05, 0) is 18.2 Å². The van der Waals surface area contributed by atoms with Gasteiger partial charge < -0.3 is 10.1 Å². The zero-order valence-corrected chi connectivity index (χ0v) is 9.47. The monoisotopic (exact) mass is 265 g/mol. The van der Waals surface area contributed by atoms with Crippen molar-refractivity contribution in [2.24, 2.45) is 0 Å². The Kier molecular flexibility index (Phi) is 4.66. The molecule has 0 fully saturated rings. The molecule has 0 aliphatic carbocycles.